The molecule has 1 aliphatic carbocycles. The average Bonchev–Trinajstić information content (AvgIpc) is 3.54. The second-order valence-corrected chi connectivity index (χ2v) is 10.5. The zero-order chi connectivity index (χ0) is 23.5. The lowest BCUT2D eigenvalue weighted by Gasteiger charge is -2.32. The van der Waals surface area contributed by atoms with Crippen LogP contribution in [0.15, 0.2) is 42.5 Å². The number of aromatic nitrogens is 1. The maximum absolute atomic E-state index is 11.1. The highest BCUT2D eigenvalue weighted by Crippen LogP contribution is 2.48. The van der Waals surface area contributed by atoms with E-state index >= 15 is 0 Å². The van der Waals surface area contributed by atoms with Crippen LogP contribution in [-0.2, 0) is 16.1 Å². The van der Waals surface area contributed by atoms with Crippen molar-refractivity contribution in [1.29, 1.82) is 0 Å². The van der Waals surface area contributed by atoms with Crippen LogP contribution in [0.5, 0.6) is 0 Å². The van der Waals surface area contributed by atoms with Crippen molar-refractivity contribution in [3.05, 3.63) is 68.5 Å². The van der Waals surface area contributed by atoms with E-state index in [0.29, 0.717) is 22.6 Å². The Bertz CT molecular complexity index is 1130. The van der Waals surface area contributed by atoms with E-state index in [-0.39, 0.29) is 24.4 Å². The molecular weight excluding hydrogens is 511 g/mol. The van der Waals surface area contributed by atoms with Crippen molar-refractivity contribution in [2.75, 3.05) is 11.4 Å². The number of benzene rings is 2. The summed E-state index contributed by atoms with van der Waals surface area (Å²) < 4.78 is 5.14. The largest absolute Gasteiger partial charge is 0.461 e. The fraction of sp³-hybridized carbons (Fsp3) is 0.385. The summed E-state index contributed by atoms with van der Waals surface area (Å²) in [6, 6.07) is 14.3. The number of esters is 1. The smallest absolute Gasteiger partial charge is 0.302 e. The van der Waals surface area contributed by atoms with Crippen LogP contribution >= 0.6 is 46.9 Å². The molecule has 0 amide bonds. The van der Waals surface area contributed by atoms with Gasteiger partial charge in [0.25, 0.3) is 0 Å². The zero-order valence-electron chi connectivity index (χ0n) is 19.5. The fourth-order valence-corrected chi connectivity index (χ4v) is 5.63. The lowest BCUT2D eigenvalue weighted by molar-refractivity contribution is -0.142. The van der Waals surface area contributed by atoms with E-state index in [0.717, 1.165) is 39.8 Å². The molecule has 0 N–H and O–H groups in total. The van der Waals surface area contributed by atoms with Gasteiger partial charge < -0.3 is 9.64 Å². The Balaban J connectivity index is 0.00000324. The minimum absolute atomic E-state index is 0. The van der Waals surface area contributed by atoms with Crippen LogP contribution in [0.1, 0.15) is 55.2 Å². The van der Waals surface area contributed by atoms with Crippen LogP contribution in [0, 0.1) is 12.8 Å². The third-order valence-corrected chi connectivity index (χ3v) is 7.41. The van der Waals surface area contributed by atoms with E-state index in [9.17, 15) is 4.79 Å². The average molecular weight is 540 g/mol. The molecular formula is C26H29Cl3N2O2S. The molecule has 0 spiro atoms. The first-order valence-corrected chi connectivity index (χ1v) is 12.9. The predicted octanol–water partition coefficient (Wildman–Crippen LogP) is 8.28. The molecule has 1 heterocycles. The summed E-state index contributed by atoms with van der Waals surface area (Å²) in [5.74, 6) is 0.349. The summed E-state index contributed by atoms with van der Waals surface area (Å²) in [5.41, 5.74) is 4.10. The van der Waals surface area contributed by atoms with Gasteiger partial charge in [0.2, 0.25) is 0 Å². The fourth-order valence-electron chi connectivity index (χ4n) is 4.15. The number of nitrogens with zero attached hydrogens (tertiary/aromatic N) is 2. The van der Waals surface area contributed by atoms with Gasteiger partial charge in [-0.05, 0) is 61.4 Å². The lowest BCUT2D eigenvalue weighted by Crippen LogP contribution is -2.31. The first kappa shape index (κ1) is 26.8. The van der Waals surface area contributed by atoms with Crippen LogP contribution in [0.25, 0.3) is 11.3 Å². The van der Waals surface area contributed by atoms with Gasteiger partial charge in [-0.1, -0.05) is 54.4 Å². The van der Waals surface area contributed by atoms with Crippen molar-refractivity contribution in [2.45, 2.75) is 52.7 Å². The number of rotatable bonds is 9. The molecule has 182 valence electrons. The number of hydrogen-bond acceptors (Lipinski definition) is 5. The van der Waals surface area contributed by atoms with Crippen molar-refractivity contribution in [3.63, 3.8) is 0 Å². The van der Waals surface area contributed by atoms with Crippen molar-refractivity contribution in [3.8, 4) is 11.3 Å². The topological polar surface area (TPSA) is 42.4 Å². The van der Waals surface area contributed by atoms with Gasteiger partial charge in [-0.25, -0.2) is 4.98 Å². The maximum atomic E-state index is 11.1. The number of anilines is 1. The molecule has 4 rings (SSSR count). The van der Waals surface area contributed by atoms with Crippen molar-refractivity contribution in [2.24, 2.45) is 5.92 Å². The quantitative estimate of drug-likeness (QED) is 0.257. The van der Waals surface area contributed by atoms with Gasteiger partial charge in [-0.2, -0.15) is 0 Å². The van der Waals surface area contributed by atoms with Crippen LogP contribution in [0.2, 0.25) is 10.0 Å². The van der Waals surface area contributed by atoms with Crippen LogP contribution in [0.3, 0.4) is 0 Å². The summed E-state index contributed by atoms with van der Waals surface area (Å²) in [5, 5.41) is 2.26. The van der Waals surface area contributed by atoms with E-state index in [1.165, 1.54) is 25.3 Å². The molecule has 0 bridgehead atoms. The molecule has 8 heteroatoms. The minimum atomic E-state index is -0.264. The minimum Gasteiger partial charge on any atom is -0.461 e. The normalized spacial score (nSPS) is 13.8. The number of halogens is 3. The summed E-state index contributed by atoms with van der Waals surface area (Å²) in [6.45, 7) is 6.97. The van der Waals surface area contributed by atoms with Gasteiger partial charge >= 0.3 is 5.97 Å². The molecule has 1 aromatic heterocycles. The molecule has 34 heavy (non-hydrogen) atoms. The molecule has 1 atom stereocenters. The van der Waals surface area contributed by atoms with Crippen molar-refractivity contribution in [1.82, 2.24) is 4.98 Å². The lowest BCUT2D eigenvalue weighted by atomic mass is 9.99. The van der Waals surface area contributed by atoms with Gasteiger partial charge in [0.15, 0.2) is 5.13 Å². The Hall–Kier alpha value is -1.79. The number of ether oxygens (including phenoxy) is 1. The molecule has 0 saturated heterocycles. The van der Waals surface area contributed by atoms with Crippen molar-refractivity contribution < 1.29 is 9.53 Å². The molecule has 3 aromatic rings. The van der Waals surface area contributed by atoms with Gasteiger partial charge in [0.05, 0.1) is 16.8 Å². The second kappa shape index (κ2) is 11.8. The van der Waals surface area contributed by atoms with Crippen LogP contribution in [-0.4, -0.2) is 17.5 Å². The number of carbonyl (C=O) groups is 1. The van der Waals surface area contributed by atoms with E-state index in [1.807, 2.05) is 12.1 Å². The molecule has 4 nitrogen and oxygen atoms in total. The van der Waals surface area contributed by atoms with Gasteiger partial charge in [-0.15, -0.1) is 23.7 Å². The van der Waals surface area contributed by atoms with E-state index < -0.39 is 0 Å². The predicted molar refractivity (Wildman–Crippen MR) is 145 cm³/mol. The molecule has 0 radical (unpaired) electrons. The number of carbonyl (C=O) groups excluding carboxylic acids is 1. The molecule has 2 aromatic carbocycles. The highest BCUT2D eigenvalue weighted by Gasteiger charge is 2.37. The Morgan fingerprint density at radius 2 is 1.91 bits per heavy atom. The van der Waals surface area contributed by atoms with Crippen molar-refractivity contribution >= 4 is 58.0 Å². The highest BCUT2D eigenvalue weighted by atomic mass is 35.5. The third-order valence-electron chi connectivity index (χ3n) is 5.85. The Morgan fingerprint density at radius 3 is 2.50 bits per heavy atom. The highest BCUT2D eigenvalue weighted by molar-refractivity contribution is 7.16. The number of hydrogen-bond donors (Lipinski definition) is 0. The molecule has 1 unspecified atom stereocenters. The molecule has 1 fully saturated rings. The summed E-state index contributed by atoms with van der Waals surface area (Å²) in [7, 11) is 0. The van der Waals surface area contributed by atoms with Gasteiger partial charge in [-0.3, -0.25) is 4.79 Å². The summed E-state index contributed by atoms with van der Waals surface area (Å²) in [4.78, 5) is 19.8. The number of thiazole rings is 1. The second-order valence-electron chi connectivity index (χ2n) is 8.52. The SMILES string of the molecule is CCCN(c1nc(-c2ccc(Cl)cc2Cl)c(C)s1)C(c1ccc(COC(C)=O)cc1)C1CC1.Cl. The first-order valence-electron chi connectivity index (χ1n) is 11.3. The molecule has 1 aliphatic rings. The van der Waals surface area contributed by atoms with Crippen LogP contribution < -0.4 is 4.90 Å². The Morgan fingerprint density at radius 1 is 1.21 bits per heavy atom. The number of aryl methyl sites for hydroxylation is 1. The first-order chi connectivity index (χ1) is 15.9. The van der Waals surface area contributed by atoms with E-state index in [1.54, 1.807) is 17.4 Å². The van der Waals surface area contributed by atoms with E-state index in [4.69, 9.17) is 32.9 Å². The standard InChI is InChI=1S/C26H28Cl2N2O2S.ClH/c1-4-13-30(26-29-24(16(2)33-26)22-12-11-21(27)14-23(22)28)25(20-9-10-20)19-7-5-18(6-8-19)15-32-17(3)31;/h5-8,11-12,14,20,25H,4,9-10,13,15H2,1-3H3;1H. The molecule has 1 saturated carbocycles. The Kier molecular flexibility index (Phi) is 9.27. The van der Waals surface area contributed by atoms with Crippen LogP contribution in [0.4, 0.5) is 5.13 Å². The third kappa shape index (κ3) is 6.25. The van der Waals surface area contributed by atoms with Gasteiger partial charge in [0.1, 0.15) is 6.61 Å². The summed E-state index contributed by atoms with van der Waals surface area (Å²) in [6.07, 6.45) is 3.48. The van der Waals surface area contributed by atoms with Gasteiger partial charge in [0, 0.05) is 28.9 Å². The zero-order valence-corrected chi connectivity index (χ0v) is 22.7. The monoisotopic (exact) mass is 538 g/mol. The molecule has 0 aliphatic heterocycles. The maximum Gasteiger partial charge on any atom is 0.302 e. The Labute approximate surface area is 221 Å². The summed E-state index contributed by atoms with van der Waals surface area (Å²) >= 11 is 14.3. The van der Waals surface area contributed by atoms with E-state index in [2.05, 4.69) is 43.0 Å².